The van der Waals surface area contributed by atoms with Gasteiger partial charge in [0, 0.05) is 12.3 Å². The number of hydrogen-bond donors (Lipinski definition) is 2. The fourth-order valence-corrected chi connectivity index (χ4v) is 3.95. The second kappa shape index (κ2) is 8.10. The summed E-state index contributed by atoms with van der Waals surface area (Å²) in [6.45, 7) is 3.79. The number of sulfone groups is 1. The van der Waals surface area contributed by atoms with E-state index in [4.69, 9.17) is 0 Å². The van der Waals surface area contributed by atoms with Gasteiger partial charge in [0.1, 0.15) is 0 Å². The Hall–Kier alpha value is -2.39. The van der Waals surface area contributed by atoms with Gasteiger partial charge in [0.25, 0.3) is 15.9 Å². The summed E-state index contributed by atoms with van der Waals surface area (Å²) >= 11 is 0. The maximum Gasteiger partial charge on any atom is 0.261 e. The van der Waals surface area contributed by atoms with E-state index in [1.807, 2.05) is 13.8 Å². The van der Waals surface area contributed by atoms with Crippen LogP contribution in [0.3, 0.4) is 0 Å². The first-order valence-corrected chi connectivity index (χ1v) is 11.6. The zero-order valence-electron chi connectivity index (χ0n) is 15.3. The summed E-state index contributed by atoms with van der Waals surface area (Å²) in [4.78, 5) is 12.3. The van der Waals surface area contributed by atoms with Gasteiger partial charge in [0.2, 0.25) is 0 Å². The minimum absolute atomic E-state index is 0.0229. The lowest BCUT2D eigenvalue weighted by Gasteiger charge is -2.15. The number of benzene rings is 2. The standard InChI is InChI=1S/C18H22N2O5S2/c1-4-13(2)19-18(21)16-7-5-6-8-17(16)20-27(24,25)15-11-9-14(10-12-15)26(3,22)23/h5-13,20H,4H2,1-3H3,(H,19,21). The van der Waals surface area contributed by atoms with Crippen LogP contribution in [0.15, 0.2) is 58.3 Å². The van der Waals surface area contributed by atoms with E-state index < -0.39 is 19.9 Å². The van der Waals surface area contributed by atoms with Crippen molar-refractivity contribution in [2.24, 2.45) is 0 Å². The van der Waals surface area contributed by atoms with Crippen molar-refractivity contribution in [3.63, 3.8) is 0 Å². The van der Waals surface area contributed by atoms with E-state index in [1.54, 1.807) is 12.1 Å². The van der Waals surface area contributed by atoms with Crippen molar-refractivity contribution < 1.29 is 21.6 Å². The van der Waals surface area contributed by atoms with Crippen LogP contribution in [0, 0.1) is 0 Å². The molecule has 0 bridgehead atoms. The maximum absolute atomic E-state index is 12.6. The summed E-state index contributed by atoms with van der Waals surface area (Å²) in [5, 5.41) is 2.80. The first kappa shape index (κ1) is 20.9. The number of sulfonamides is 1. The van der Waals surface area contributed by atoms with Gasteiger partial charge in [-0.1, -0.05) is 19.1 Å². The molecule has 1 amide bonds. The molecule has 0 spiro atoms. The van der Waals surface area contributed by atoms with E-state index >= 15 is 0 Å². The molecule has 2 aromatic carbocycles. The van der Waals surface area contributed by atoms with Crippen LogP contribution in [0.25, 0.3) is 0 Å². The van der Waals surface area contributed by atoms with E-state index in [1.165, 1.54) is 36.4 Å². The minimum atomic E-state index is -3.99. The lowest BCUT2D eigenvalue weighted by atomic mass is 10.1. The molecule has 0 aromatic heterocycles. The molecule has 0 saturated heterocycles. The molecule has 0 heterocycles. The fraction of sp³-hybridized carbons (Fsp3) is 0.278. The van der Waals surface area contributed by atoms with E-state index in [9.17, 15) is 21.6 Å². The Balaban J connectivity index is 2.32. The molecule has 1 unspecified atom stereocenters. The van der Waals surface area contributed by atoms with Crippen molar-refractivity contribution in [2.45, 2.75) is 36.1 Å². The number of rotatable bonds is 7. The second-order valence-electron chi connectivity index (χ2n) is 6.18. The Morgan fingerprint density at radius 3 is 2.07 bits per heavy atom. The highest BCUT2D eigenvalue weighted by molar-refractivity contribution is 7.92. The van der Waals surface area contributed by atoms with Crippen LogP contribution >= 0.6 is 0 Å². The van der Waals surface area contributed by atoms with Crippen LogP contribution in [0.5, 0.6) is 0 Å². The Bertz CT molecular complexity index is 1030. The van der Waals surface area contributed by atoms with Crippen molar-refractivity contribution in [3.05, 3.63) is 54.1 Å². The molecular formula is C18H22N2O5S2. The molecule has 0 radical (unpaired) electrons. The molecule has 0 aliphatic heterocycles. The van der Waals surface area contributed by atoms with Gasteiger partial charge in [-0.3, -0.25) is 9.52 Å². The molecular weight excluding hydrogens is 388 g/mol. The van der Waals surface area contributed by atoms with Gasteiger partial charge < -0.3 is 5.32 Å². The van der Waals surface area contributed by atoms with E-state index in [0.29, 0.717) is 0 Å². The fourth-order valence-electron chi connectivity index (χ4n) is 2.24. The average molecular weight is 411 g/mol. The quantitative estimate of drug-likeness (QED) is 0.728. The Labute approximate surface area is 159 Å². The van der Waals surface area contributed by atoms with Crippen molar-refractivity contribution in [1.29, 1.82) is 0 Å². The van der Waals surface area contributed by atoms with E-state index in [2.05, 4.69) is 10.0 Å². The van der Waals surface area contributed by atoms with E-state index in [-0.39, 0.29) is 33.0 Å². The molecule has 2 aromatic rings. The third kappa shape index (κ3) is 5.30. The second-order valence-corrected chi connectivity index (χ2v) is 9.88. The molecule has 0 fully saturated rings. The molecule has 0 aliphatic carbocycles. The summed E-state index contributed by atoms with van der Waals surface area (Å²) in [5.74, 6) is -0.380. The third-order valence-corrected chi connectivity index (χ3v) is 6.48. The van der Waals surface area contributed by atoms with Crippen LogP contribution in [-0.4, -0.2) is 35.0 Å². The molecule has 2 rings (SSSR count). The number of carbonyl (C=O) groups excluding carboxylic acids is 1. The molecule has 146 valence electrons. The SMILES string of the molecule is CCC(C)NC(=O)c1ccccc1NS(=O)(=O)c1ccc(S(C)(=O)=O)cc1. The van der Waals surface area contributed by atoms with Crippen molar-refractivity contribution in [2.75, 3.05) is 11.0 Å². The predicted octanol–water partition coefficient (Wildman–Crippen LogP) is 2.42. The predicted molar refractivity (Wildman–Crippen MR) is 104 cm³/mol. The summed E-state index contributed by atoms with van der Waals surface area (Å²) in [7, 11) is -7.41. The molecule has 2 N–H and O–H groups in total. The first-order chi connectivity index (χ1) is 12.5. The Morgan fingerprint density at radius 2 is 1.52 bits per heavy atom. The zero-order valence-corrected chi connectivity index (χ0v) is 16.9. The minimum Gasteiger partial charge on any atom is -0.350 e. The Kier molecular flexibility index (Phi) is 6.27. The lowest BCUT2D eigenvalue weighted by Crippen LogP contribution is -2.32. The molecule has 27 heavy (non-hydrogen) atoms. The van der Waals surface area contributed by atoms with Gasteiger partial charge >= 0.3 is 0 Å². The molecule has 7 nitrogen and oxygen atoms in total. The van der Waals surface area contributed by atoms with Crippen LogP contribution in [0.1, 0.15) is 30.6 Å². The highest BCUT2D eigenvalue weighted by Crippen LogP contribution is 2.21. The highest BCUT2D eigenvalue weighted by Gasteiger charge is 2.20. The van der Waals surface area contributed by atoms with Crippen molar-refractivity contribution >= 4 is 31.5 Å². The van der Waals surface area contributed by atoms with Gasteiger partial charge in [-0.2, -0.15) is 0 Å². The number of para-hydroxylation sites is 1. The number of nitrogens with one attached hydrogen (secondary N) is 2. The van der Waals surface area contributed by atoms with Gasteiger partial charge in [0.15, 0.2) is 9.84 Å². The van der Waals surface area contributed by atoms with Crippen LogP contribution in [0.2, 0.25) is 0 Å². The van der Waals surface area contributed by atoms with Gasteiger partial charge in [-0.25, -0.2) is 16.8 Å². The van der Waals surface area contributed by atoms with Crippen molar-refractivity contribution in [3.8, 4) is 0 Å². The van der Waals surface area contributed by atoms with Gasteiger partial charge in [-0.15, -0.1) is 0 Å². The van der Waals surface area contributed by atoms with Crippen LogP contribution in [-0.2, 0) is 19.9 Å². The van der Waals surface area contributed by atoms with Gasteiger partial charge in [0.05, 0.1) is 21.0 Å². The number of anilines is 1. The largest absolute Gasteiger partial charge is 0.350 e. The number of carbonyl (C=O) groups is 1. The lowest BCUT2D eigenvalue weighted by molar-refractivity contribution is 0.0940. The van der Waals surface area contributed by atoms with Gasteiger partial charge in [-0.05, 0) is 49.7 Å². The monoisotopic (exact) mass is 410 g/mol. The molecule has 1 atom stereocenters. The highest BCUT2D eigenvalue weighted by atomic mass is 32.2. The summed E-state index contributed by atoms with van der Waals surface area (Å²) in [6, 6.07) is 11.1. The summed E-state index contributed by atoms with van der Waals surface area (Å²) in [5.41, 5.74) is 0.347. The Morgan fingerprint density at radius 1 is 0.963 bits per heavy atom. The van der Waals surface area contributed by atoms with Crippen LogP contribution < -0.4 is 10.0 Å². The average Bonchev–Trinajstić information content (AvgIpc) is 2.61. The number of amides is 1. The molecule has 0 saturated carbocycles. The topological polar surface area (TPSA) is 109 Å². The number of hydrogen-bond acceptors (Lipinski definition) is 5. The summed E-state index contributed by atoms with van der Waals surface area (Å²) < 4.78 is 50.7. The maximum atomic E-state index is 12.6. The smallest absolute Gasteiger partial charge is 0.261 e. The van der Waals surface area contributed by atoms with E-state index in [0.717, 1.165) is 12.7 Å². The normalized spacial score (nSPS) is 13.0. The zero-order chi connectivity index (χ0) is 20.2. The first-order valence-electron chi connectivity index (χ1n) is 8.27. The van der Waals surface area contributed by atoms with Crippen molar-refractivity contribution in [1.82, 2.24) is 5.32 Å². The third-order valence-electron chi connectivity index (χ3n) is 3.97. The molecule has 9 heteroatoms. The van der Waals surface area contributed by atoms with Crippen LogP contribution in [0.4, 0.5) is 5.69 Å². The molecule has 0 aliphatic rings. The summed E-state index contributed by atoms with van der Waals surface area (Å²) in [6.07, 6.45) is 1.78.